The Morgan fingerprint density at radius 2 is 1.77 bits per heavy atom. The van der Waals surface area contributed by atoms with Gasteiger partial charge in [0.2, 0.25) is 0 Å². The van der Waals surface area contributed by atoms with Crippen molar-refractivity contribution in [2.75, 3.05) is 18.2 Å². The van der Waals surface area contributed by atoms with Gasteiger partial charge in [-0.2, -0.15) is 0 Å². The number of rotatable bonds is 2. The van der Waals surface area contributed by atoms with E-state index in [4.69, 9.17) is 4.84 Å². The van der Waals surface area contributed by atoms with E-state index in [0.717, 1.165) is 44.2 Å². The third-order valence-electron chi connectivity index (χ3n) is 5.23. The van der Waals surface area contributed by atoms with Gasteiger partial charge in [0.25, 0.3) is 5.91 Å². The van der Waals surface area contributed by atoms with Crippen LogP contribution in [-0.4, -0.2) is 35.0 Å². The van der Waals surface area contributed by atoms with Crippen LogP contribution in [0, 0.1) is 10.5 Å². The van der Waals surface area contributed by atoms with Crippen LogP contribution in [0.5, 0.6) is 0 Å². The summed E-state index contributed by atoms with van der Waals surface area (Å²) in [6.45, 7) is 3.21. The summed E-state index contributed by atoms with van der Waals surface area (Å²) in [7, 11) is 0. The van der Waals surface area contributed by atoms with Gasteiger partial charge in [-0.15, -0.1) is 5.06 Å². The molecule has 0 bridgehead atoms. The molecule has 2 heterocycles. The molecule has 4 rings (SSSR count). The first-order valence-electron chi connectivity index (χ1n) is 9.96. The molecule has 0 N–H and O–H groups in total. The van der Waals surface area contributed by atoms with Gasteiger partial charge in [0.1, 0.15) is 0 Å². The highest BCUT2D eigenvalue weighted by atomic mass is 127. The standard InChI is InChI=1S/C23H22IN3O3/c1-16-6-5-7-17-12-13-25-21(20(16)17)27(22(28)18-8-10-19(24)11-9-18)30-23(29)26-14-3-2-4-15-26/h5-13H,2-4,14-15H2,1H3. The van der Waals surface area contributed by atoms with Gasteiger partial charge in [0.15, 0.2) is 5.82 Å². The average Bonchev–Trinajstić information content (AvgIpc) is 2.78. The number of nitrogens with zero attached hydrogens (tertiary/aromatic N) is 3. The first-order chi connectivity index (χ1) is 14.5. The number of fused-ring (bicyclic) bond motifs is 1. The minimum absolute atomic E-state index is 0.319. The van der Waals surface area contributed by atoms with Crippen LogP contribution in [0.1, 0.15) is 35.2 Å². The Hall–Kier alpha value is -2.68. The lowest BCUT2D eigenvalue weighted by Crippen LogP contribution is -2.42. The van der Waals surface area contributed by atoms with Crippen LogP contribution >= 0.6 is 22.6 Å². The second-order valence-electron chi connectivity index (χ2n) is 7.32. The third-order valence-corrected chi connectivity index (χ3v) is 5.95. The Morgan fingerprint density at radius 3 is 2.50 bits per heavy atom. The van der Waals surface area contributed by atoms with Crippen LogP contribution < -0.4 is 5.06 Å². The average molecular weight is 515 g/mol. The number of aryl methyl sites for hydroxylation is 1. The lowest BCUT2D eigenvalue weighted by molar-refractivity contribution is 0.0633. The van der Waals surface area contributed by atoms with E-state index in [9.17, 15) is 9.59 Å². The molecule has 3 aromatic rings. The molecule has 6 nitrogen and oxygen atoms in total. The van der Waals surface area contributed by atoms with E-state index in [1.807, 2.05) is 43.3 Å². The Bertz CT molecular complexity index is 1070. The van der Waals surface area contributed by atoms with Crippen molar-refractivity contribution >= 4 is 51.2 Å². The number of anilines is 1. The fourth-order valence-electron chi connectivity index (χ4n) is 3.64. The number of benzene rings is 2. The predicted molar refractivity (Wildman–Crippen MR) is 124 cm³/mol. The van der Waals surface area contributed by atoms with E-state index < -0.39 is 12.0 Å². The second kappa shape index (κ2) is 8.99. The van der Waals surface area contributed by atoms with Crippen molar-refractivity contribution in [2.24, 2.45) is 0 Å². The number of amides is 2. The summed E-state index contributed by atoms with van der Waals surface area (Å²) in [5.74, 6) is -0.112. The molecule has 1 aromatic heterocycles. The van der Waals surface area contributed by atoms with Gasteiger partial charge < -0.3 is 9.74 Å². The summed E-state index contributed by atoms with van der Waals surface area (Å²) in [5, 5.41) is 2.76. The maximum absolute atomic E-state index is 13.4. The Labute approximate surface area is 188 Å². The molecule has 0 radical (unpaired) electrons. The zero-order valence-corrected chi connectivity index (χ0v) is 18.8. The van der Waals surface area contributed by atoms with Gasteiger partial charge in [0, 0.05) is 33.8 Å². The Kier molecular flexibility index (Phi) is 6.17. The number of halogens is 1. The van der Waals surface area contributed by atoms with E-state index in [2.05, 4.69) is 27.6 Å². The second-order valence-corrected chi connectivity index (χ2v) is 8.56. The van der Waals surface area contributed by atoms with E-state index in [1.165, 1.54) is 0 Å². The molecule has 1 aliphatic heterocycles. The summed E-state index contributed by atoms with van der Waals surface area (Å²) < 4.78 is 1.01. The molecule has 1 aliphatic rings. The number of carbonyl (C=O) groups is 2. The topological polar surface area (TPSA) is 62.7 Å². The first-order valence-corrected chi connectivity index (χ1v) is 11.0. The van der Waals surface area contributed by atoms with Crippen molar-refractivity contribution in [3.05, 3.63) is 69.4 Å². The van der Waals surface area contributed by atoms with Gasteiger partial charge >= 0.3 is 6.09 Å². The molecule has 0 unspecified atom stereocenters. The predicted octanol–water partition coefficient (Wildman–Crippen LogP) is 5.33. The molecular formula is C23H22IN3O3. The van der Waals surface area contributed by atoms with Crippen molar-refractivity contribution in [2.45, 2.75) is 26.2 Å². The van der Waals surface area contributed by atoms with Gasteiger partial charge in [-0.25, -0.2) is 9.78 Å². The van der Waals surface area contributed by atoms with Crippen LogP contribution in [0.25, 0.3) is 10.8 Å². The van der Waals surface area contributed by atoms with Gasteiger partial charge in [-0.05, 0) is 90.1 Å². The quantitative estimate of drug-likeness (QED) is 0.342. The molecule has 154 valence electrons. The third kappa shape index (κ3) is 4.26. The molecule has 2 amide bonds. The molecule has 0 saturated carbocycles. The maximum Gasteiger partial charge on any atom is 0.434 e. The van der Waals surface area contributed by atoms with E-state index in [1.54, 1.807) is 23.2 Å². The Morgan fingerprint density at radius 1 is 1.03 bits per heavy atom. The molecule has 0 aliphatic carbocycles. The molecule has 0 atom stereocenters. The minimum atomic E-state index is -0.527. The van der Waals surface area contributed by atoms with Crippen LogP contribution in [0.4, 0.5) is 10.6 Å². The zero-order chi connectivity index (χ0) is 21.1. The number of carbonyl (C=O) groups excluding carboxylic acids is 2. The fourth-order valence-corrected chi connectivity index (χ4v) is 4.00. The van der Waals surface area contributed by atoms with Crippen LogP contribution in [0.2, 0.25) is 0 Å². The zero-order valence-electron chi connectivity index (χ0n) is 16.7. The van der Waals surface area contributed by atoms with Crippen LogP contribution in [0.3, 0.4) is 0 Å². The number of pyridine rings is 1. The molecule has 1 saturated heterocycles. The monoisotopic (exact) mass is 515 g/mol. The molecule has 7 heteroatoms. The first kappa shape index (κ1) is 20.6. The van der Waals surface area contributed by atoms with Crippen molar-refractivity contribution in [3.8, 4) is 0 Å². The summed E-state index contributed by atoms with van der Waals surface area (Å²) >= 11 is 2.18. The van der Waals surface area contributed by atoms with E-state index in [0.29, 0.717) is 24.5 Å². The smallest absolute Gasteiger partial charge is 0.312 e. The number of hydrogen-bond donors (Lipinski definition) is 0. The van der Waals surface area contributed by atoms with Crippen LogP contribution in [0.15, 0.2) is 54.7 Å². The normalized spacial score (nSPS) is 13.9. The van der Waals surface area contributed by atoms with Crippen molar-refractivity contribution < 1.29 is 14.4 Å². The molecule has 0 spiro atoms. The number of likely N-dealkylation sites (tertiary alicyclic amines) is 1. The number of piperidine rings is 1. The number of hydroxylamine groups is 1. The van der Waals surface area contributed by atoms with Gasteiger partial charge in [-0.1, -0.05) is 18.2 Å². The summed E-state index contributed by atoms with van der Waals surface area (Å²) in [6, 6.07) is 14.9. The fraction of sp³-hybridized carbons (Fsp3) is 0.261. The van der Waals surface area contributed by atoms with Gasteiger partial charge in [-0.3, -0.25) is 4.79 Å². The molecule has 1 fully saturated rings. The SMILES string of the molecule is Cc1cccc2ccnc(N(OC(=O)N3CCCCC3)C(=O)c3ccc(I)cc3)c12. The highest BCUT2D eigenvalue weighted by Gasteiger charge is 2.29. The highest BCUT2D eigenvalue weighted by molar-refractivity contribution is 14.1. The maximum atomic E-state index is 13.4. The van der Waals surface area contributed by atoms with Gasteiger partial charge in [0.05, 0.1) is 0 Å². The molecule has 2 aromatic carbocycles. The van der Waals surface area contributed by atoms with Crippen molar-refractivity contribution in [3.63, 3.8) is 0 Å². The lowest BCUT2D eigenvalue weighted by Gasteiger charge is -2.29. The molecule has 30 heavy (non-hydrogen) atoms. The Balaban J connectivity index is 1.76. The van der Waals surface area contributed by atoms with Crippen molar-refractivity contribution in [1.82, 2.24) is 9.88 Å². The summed E-state index contributed by atoms with van der Waals surface area (Å²) in [4.78, 5) is 38.1. The van der Waals surface area contributed by atoms with Crippen LogP contribution in [-0.2, 0) is 4.84 Å². The molecular weight excluding hydrogens is 493 g/mol. The number of aromatic nitrogens is 1. The number of hydrogen-bond acceptors (Lipinski definition) is 4. The van der Waals surface area contributed by atoms with Crippen molar-refractivity contribution in [1.29, 1.82) is 0 Å². The summed E-state index contributed by atoms with van der Waals surface area (Å²) in [6.07, 6.45) is 4.07. The summed E-state index contributed by atoms with van der Waals surface area (Å²) in [5.41, 5.74) is 1.37. The minimum Gasteiger partial charge on any atom is -0.312 e. The van der Waals surface area contributed by atoms with E-state index in [-0.39, 0.29) is 0 Å². The lowest BCUT2D eigenvalue weighted by atomic mass is 10.1. The highest BCUT2D eigenvalue weighted by Crippen LogP contribution is 2.29. The largest absolute Gasteiger partial charge is 0.434 e. The van der Waals surface area contributed by atoms with E-state index >= 15 is 0 Å².